The number of carbonyl (C=O) groups is 2. The van der Waals surface area contributed by atoms with Crippen LogP contribution in [0.2, 0.25) is 0 Å². The van der Waals surface area contributed by atoms with E-state index in [4.69, 9.17) is 5.73 Å². The molecule has 1 aromatic rings. The lowest BCUT2D eigenvalue weighted by atomic mass is 9.81. The molecule has 3 amide bonds. The normalized spacial score (nSPS) is 23.2. The molecule has 2 aliphatic rings. The first-order valence-corrected chi connectivity index (χ1v) is 10.4. The third-order valence-electron chi connectivity index (χ3n) is 6.32. The molecule has 0 aromatic heterocycles. The van der Waals surface area contributed by atoms with Crippen LogP contribution in [0.25, 0.3) is 0 Å². The van der Waals surface area contributed by atoms with Gasteiger partial charge in [0.15, 0.2) is 0 Å². The van der Waals surface area contributed by atoms with Crippen molar-refractivity contribution in [1.82, 2.24) is 10.2 Å². The summed E-state index contributed by atoms with van der Waals surface area (Å²) in [5.74, 6) is 0.0583. The van der Waals surface area contributed by atoms with Crippen molar-refractivity contribution in [3.8, 4) is 0 Å². The van der Waals surface area contributed by atoms with Crippen molar-refractivity contribution in [2.45, 2.75) is 69.2 Å². The van der Waals surface area contributed by atoms with E-state index in [0.717, 1.165) is 44.2 Å². The SMILES string of the molecule is CN(C(=O)[C@@H](N)C1CCC(NC(=O)Nc2cccc(C(F)(F)F)c2)CC1)C1CCC1. The number of likely N-dealkylation sites (N-methyl/N-ethyl adjacent to an activating group) is 1. The minimum atomic E-state index is -4.46. The van der Waals surface area contributed by atoms with E-state index in [1.54, 1.807) is 4.90 Å². The average Bonchev–Trinajstić information content (AvgIpc) is 2.65. The summed E-state index contributed by atoms with van der Waals surface area (Å²) >= 11 is 0. The van der Waals surface area contributed by atoms with Crippen LogP contribution in [0, 0.1) is 5.92 Å². The first-order valence-electron chi connectivity index (χ1n) is 10.4. The van der Waals surface area contributed by atoms with Gasteiger partial charge in [0.25, 0.3) is 0 Å². The van der Waals surface area contributed by atoms with Crippen molar-refractivity contribution < 1.29 is 22.8 Å². The van der Waals surface area contributed by atoms with Gasteiger partial charge in [-0.1, -0.05) is 6.07 Å². The van der Waals surface area contributed by atoms with E-state index < -0.39 is 23.8 Å². The zero-order valence-corrected chi connectivity index (χ0v) is 17.0. The Kier molecular flexibility index (Phi) is 6.90. The number of rotatable bonds is 5. The van der Waals surface area contributed by atoms with Crippen molar-refractivity contribution >= 4 is 17.6 Å². The molecule has 0 aliphatic heterocycles. The number of nitrogens with two attached hydrogens (primary N) is 1. The molecule has 4 N–H and O–H groups in total. The Bertz CT molecular complexity index is 759. The Hall–Kier alpha value is -2.29. The highest BCUT2D eigenvalue weighted by atomic mass is 19.4. The van der Waals surface area contributed by atoms with Crippen LogP contribution in [0.3, 0.4) is 0 Å². The fraction of sp³-hybridized carbons (Fsp3) is 0.619. The molecule has 9 heteroatoms. The van der Waals surface area contributed by atoms with E-state index >= 15 is 0 Å². The number of nitrogens with zero attached hydrogens (tertiary/aromatic N) is 1. The standard InChI is InChI=1S/C21H29F3N4O2/c1-28(17-6-3-7-17)19(29)18(25)13-8-10-15(11-9-13)26-20(30)27-16-5-2-4-14(12-16)21(22,23)24/h2,4-5,12-13,15,17-18H,3,6-11,25H2,1H3,(H2,26,27,30)/t13?,15?,18-/m0/s1. The van der Waals surface area contributed by atoms with E-state index in [1.807, 2.05) is 7.05 Å². The number of amides is 3. The Morgan fingerprint density at radius 1 is 1.13 bits per heavy atom. The Labute approximate surface area is 174 Å². The lowest BCUT2D eigenvalue weighted by Gasteiger charge is -2.38. The van der Waals surface area contributed by atoms with Crippen molar-refractivity contribution in [3.63, 3.8) is 0 Å². The van der Waals surface area contributed by atoms with E-state index in [2.05, 4.69) is 10.6 Å². The van der Waals surface area contributed by atoms with E-state index in [0.29, 0.717) is 18.9 Å². The second kappa shape index (κ2) is 9.24. The predicted octanol–water partition coefficient (Wildman–Crippen LogP) is 3.72. The van der Waals surface area contributed by atoms with E-state index in [-0.39, 0.29) is 23.6 Å². The number of hydrogen-bond donors (Lipinski definition) is 3. The molecule has 0 radical (unpaired) electrons. The van der Waals surface area contributed by atoms with Crippen LogP contribution in [0.4, 0.5) is 23.7 Å². The second-order valence-corrected chi connectivity index (χ2v) is 8.35. The van der Waals surface area contributed by atoms with Gasteiger partial charge in [-0.2, -0.15) is 13.2 Å². The molecular formula is C21H29F3N4O2. The fourth-order valence-electron chi connectivity index (χ4n) is 4.14. The summed E-state index contributed by atoms with van der Waals surface area (Å²) in [6.45, 7) is 0. The molecule has 1 atom stereocenters. The number of benzene rings is 1. The van der Waals surface area contributed by atoms with Crippen molar-refractivity contribution in [2.75, 3.05) is 12.4 Å². The van der Waals surface area contributed by atoms with Gasteiger partial charge in [-0.15, -0.1) is 0 Å². The fourth-order valence-corrected chi connectivity index (χ4v) is 4.14. The zero-order chi connectivity index (χ0) is 21.9. The molecule has 3 rings (SSSR count). The highest BCUT2D eigenvalue weighted by Crippen LogP contribution is 2.31. The summed E-state index contributed by atoms with van der Waals surface area (Å²) in [7, 11) is 1.82. The number of urea groups is 1. The monoisotopic (exact) mass is 426 g/mol. The third kappa shape index (κ3) is 5.44. The van der Waals surface area contributed by atoms with Crippen LogP contribution in [0.5, 0.6) is 0 Å². The molecule has 0 saturated heterocycles. The summed E-state index contributed by atoms with van der Waals surface area (Å²) < 4.78 is 38.4. The zero-order valence-electron chi connectivity index (χ0n) is 17.0. The summed E-state index contributed by atoms with van der Waals surface area (Å²) in [6, 6.07) is 3.66. The summed E-state index contributed by atoms with van der Waals surface area (Å²) in [5.41, 5.74) is 5.50. The second-order valence-electron chi connectivity index (χ2n) is 8.35. The Balaban J connectivity index is 1.45. The third-order valence-corrected chi connectivity index (χ3v) is 6.32. The predicted molar refractivity (Wildman–Crippen MR) is 108 cm³/mol. The van der Waals surface area contributed by atoms with Crippen LogP contribution < -0.4 is 16.4 Å². The lowest BCUT2D eigenvalue weighted by Crippen LogP contribution is -2.52. The summed E-state index contributed by atoms with van der Waals surface area (Å²) in [6.07, 6.45) is 1.55. The molecule has 166 valence electrons. The summed E-state index contributed by atoms with van der Waals surface area (Å²) in [4.78, 5) is 26.5. The van der Waals surface area contributed by atoms with E-state index in [9.17, 15) is 22.8 Å². The molecule has 2 aliphatic carbocycles. The van der Waals surface area contributed by atoms with Crippen LogP contribution in [-0.2, 0) is 11.0 Å². The van der Waals surface area contributed by atoms with Crippen molar-refractivity contribution in [3.05, 3.63) is 29.8 Å². The van der Waals surface area contributed by atoms with Crippen molar-refractivity contribution in [2.24, 2.45) is 11.7 Å². The van der Waals surface area contributed by atoms with Gasteiger partial charge >= 0.3 is 12.2 Å². The smallest absolute Gasteiger partial charge is 0.341 e. The van der Waals surface area contributed by atoms with Gasteiger partial charge in [-0.05, 0) is 69.1 Å². The van der Waals surface area contributed by atoms with Crippen LogP contribution in [0.15, 0.2) is 24.3 Å². The molecule has 0 heterocycles. The first kappa shape index (κ1) is 22.4. The average molecular weight is 426 g/mol. The first-order chi connectivity index (χ1) is 14.1. The molecule has 0 bridgehead atoms. The molecule has 1 aromatic carbocycles. The topological polar surface area (TPSA) is 87.5 Å². The quantitative estimate of drug-likeness (QED) is 0.671. The summed E-state index contributed by atoms with van der Waals surface area (Å²) in [5, 5.41) is 5.26. The van der Waals surface area contributed by atoms with Gasteiger partial charge < -0.3 is 21.3 Å². The highest BCUT2D eigenvalue weighted by Gasteiger charge is 2.35. The molecule has 2 fully saturated rings. The van der Waals surface area contributed by atoms with Crippen LogP contribution in [0.1, 0.15) is 50.5 Å². The maximum Gasteiger partial charge on any atom is 0.416 e. The molecule has 0 spiro atoms. The molecule has 6 nitrogen and oxygen atoms in total. The highest BCUT2D eigenvalue weighted by molar-refractivity contribution is 5.89. The van der Waals surface area contributed by atoms with Gasteiger partial charge in [0, 0.05) is 24.8 Å². The molecule has 2 saturated carbocycles. The van der Waals surface area contributed by atoms with Crippen molar-refractivity contribution in [1.29, 1.82) is 0 Å². The number of anilines is 1. The van der Waals surface area contributed by atoms with Crippen LogP contribution >= 0.6 is 0 Å². The van der Waals surface area contributed by atoms with Gasteiger partial charge in [0.05, 0.1) is 11.6 Å². The van der Waals surface area contributed by atoms with Gasteiger partial charge in [-0.3, -0.25) is 4.79 Å². The van der Waals surface area contributed by atoms with Gasteiger partial charge in [0.1, 0.15) is 0 Å². The van der Waals surface area contributed by atoms with Crippen LogP contribution in [-0.4, -0.2) is 42.0 Å². The largest absolute Gasteiger partial charge is 0.416 e. The Morgan fingerprint density at radius 3 is 2.37 bits per heavy atom. The number of carbonyl (C=O) groups excluding carboxylic acids is 2. The minimum absolute atomic E-state index is 0.0154. The molecular weight excluding hydrogens is 397 g/mol. The number of alkyl halides is 3. The maximum atomic E-state index is 12.8. The Morgan fingerprint density at radius 2 is 1.80 bits per heavy atom. The van der Waals surface area contributed by atoms with Gasteiger partial charge in [-0.25, -0.2) is 4.79 Å². The van der Waals surface area contributed by atoms with Gasteiger partial charge in [0.2, 0.25) is 5.91 Å². The molecule has 30 heavy (non-hydrogen) atoms. The molecule has 0 unspecified atom stereocenters. The minimum Gasteiger partial charge on any atom is -0.341 e. The number of hydrogen-bond acceptors (Lipinski definition) is 3. The lowest BCUT2D eigenvalue weighted by molar-refractivity contribution is -0.138. The number of halogens is 3. The maximum absolute atomic E-state index is 12.8. The van der Waals surface area contributed by atoms with E-state index in [1.165, 1.54) is 12.1 Å². The number of nitrogens with one attached hydrogen (secondary N) is 2.